The normalized spacial score (nSPS) is 19.2. The molecule has 1 aliphatic carbocycles. The molecule has 0 bridgehead atoms. The van der Waals surface area contributed by atoms with Gasteiger partial charge in [0.05, 0.1) is 12.3 Å². The van der Waals surface area contributed by atoms with Crippen LogP contribution in [0.2, 0.25) is 0 Å². The number of pyridine rings is 1. The summed E-state index contributed by atoms with van der Waals surface area (Å²) in [6.45, 7) is 0.835. The molecule has 3 aromatic rings. The minimum Gasteiger partial charge on any atom is -0.406 e. The van der Waals surface area contributed by atoms with Gasteiger partial charge in [0.1, 0.15) is 17.2 Å². The van der Waals surface area contributed by atoms with E-state index in [0.29, 0.717) is 43.6 Å². The van der Waals surface area contributed by atoms with E-state index in [4.69, 9.17) is 4.74 Å². The summed E-state index contributed by atoms with van der Waals surface area (Å²) in [5.74, 6) is -1.07. The molecule has 3 heterocycles. The van der Waals surface area contributed by atoms with Gasteiger partial charge in [0.25, 0.3) is 5.91 Å². The minimum absolute atomic E-state index is 0.0775. The van der Waals surface area contributed by atoms with Gasteiger partial charge in [-0.1, -0.05) is 0 Å². The fourth-order valence-corrected chi connectivity index (χ4v) is 5.50. The van der Waals surface area contributed by atoms with Crippen LogP contribution in [0.25, 0.3) is 11.0 Å². The maximum Gasteiger partial charge on any atom is 0.573 e. The van der Waals surface area contributed by atoms with E-state index in [1.54, 1.807) is 12.0 Å². The molecular weight excluding hydrogens is 478 g/mol. The number of nitrogens with one attached hydrogen (secondary N) is 1. The number of aromatic amines is 1. The molecule has 5 rings (SSSR count). The van der Waals surface area contributed by atoms with Crippen molar-refractivity contribution >= 4 is 16.9 Å². The highest BCUT2D eigenvalue weighted by Gasteiger charge is 2.32. The lowest BCUT2D eigenvalue weighted by atomic mass is 9.86. The van der Waals surface area contributed by atoms with Crippen LogP contribution in [0.5, 0.6) is 5.75 Å². The lowest BCUT2D eigenvalue weighted by molar-refractivity contribution is -0.274. The highest BCUT2D eigenvalue weighted by molar-refractivity contribution is 5.94. The van der Waals surface area contributed by atoms with E-state index in [-0.39, 0.29) is 35.1 Å². The number of piperidine rings is 1. The number of halogens is 4. The van der Waals surface area contributed by atoms with Crippen molar-refractivity contribution in [2.24, 2.45) is 0 Å². The molecule has 1 N–H and O–H groups in total. The van der Waals surface area contributed by atoms with Gasteiger partial charge in [-0.05, 0) is 67.9 Å². The Morgan fingerprint density at radius 3 is 2.53 bits per heavy atom. The molecule has 192 valence electrons. The molecule has 0 radical (unpaired) electrons. The maximum absolute atomic E-state index is 15.2. The number of methoxy groups -OCH3 is 1. The number of fused-ring (bicyclic) bond motifs is 3. The van der Waals surface area contributed by atoms with Crippen molar-refractivity contribution in [2.45, 2.75) is 56.9 Å². The van der Waals surface area contributed by atoms with E-state index in [1.807, 2.05) is 0 Å². The SMILES string of the molecule is COC1CCCc2[nH]c3ncc(F)c(C4CCN(C(=O)c5ccc(OC(F)(F)F)cc5)CC4)c3c2C1. The molecule has 1 atom stereocenters. The zero-order valence-electron chi connectivity index (χ0n) is 19.8. The van der Waals surface area contributed by atoms with Gasteiger partial charge in [0, 0.05) is 48.8 Å². The highest BCUT2D eigenvalue weighted by Crippen LogP contribution is 2.39. The summed E-state index contributed by atoms with van der Waals surface area (Å²) in [5, 5.41) is 0.846. The van der Waals surface area contributed by atoms with Gasteiger partial charge in [-0.15, -0.1) is 13.2 Å². The molecule has 1 amide bonds. The second-order valence-corrected chi connectivity index (χ2v) is 9.42. The average Bonchev–Trinajstić information content (AvgIpc) is 3.06. The first-order valence-corrected chi connectivity index (χ1v) is 12.1. The third-order valence-electron chi connectivity index (χ3n) is 7.25. The van der Waals surface area contributed by atoms with Gasteiger partial charge >= 0.3 is 6.36 Å². The monoisotopic (exact) mass is 505 g/mol. The summed E-state index contributed by atoms with van der Waals surface area (Å²) in [5.41, 5.74) is 3.79. The fraction of sp³-hybridized carbons (Fsp3) is 0.462. The first-order valence-electron chi connectivity index (χ1n) is 12.1. The number of amides is 1. The molecule has 2 aromatic heterocycles. The molecule has 36 heavy (non-hydrogen) atoms. The summed E-state index contributed by atoms with van der Waals surface area (Å²) in [6, 6.07) is 4.90. The van der Waals surface area contributed by atoms with E-state index in [9.17, 15) is 18.0 Å². The van der Waals surface area contributed by atoms with Crippen molar-refractivity contribution in [3.63, 3.8) is 0 Å². The van der Waals surface area contributed by atoms with Crippen molar-refractivity contribution < 1.29 is 31.8 Å². The molecule has 1 fully saturated rings. The molecule has 1 saturated heterocycles. The zero-order chi connectivity index (χ0) is 25.4. The standard InChI is InChI=1S/C26H27F4N3O3/c1-35-18-3-2-4-21-19(13-18)23-22(20(27)14-31-24(23)32-21)15-9-11-33(12-10-15)25(34)16-5-7-17(8-6-16)36-26(28,29)30/h5-8,14-15,18H,2-4,9-13H2,1H3,(H,31,32). The Hall–Kier alpha value is -3.14. The minimum atomic E-state index is -4.79. The summed E-state index contributed by atoms with van der Waals surface area (Å²) in [7, 11) is 1.70. The van der Waals surface area contributed by atoms with Crippen molar-refractivity contribution in [3.05, 3.63) is 58.7 Å². The first-order chi connectivity index (χ1) is 17.2. The number of aryl methyl sites for hydroxylation is 1. The molecule has 0 spiro atoms. The number of aromatic nitrogens is 2. The predicted octanol–water partition coefficient (Wildman–Crippen LogP) is 5.51. The number of ether oxygens (including phenoxy) is 2. The van der Waals surface area contributed by atoms with E-state index in [1.165, 1.54) is 18.3 Å². The lowest BCUT2D eigenvalue weighted by Gasteiger charge is -2.33. The summed E-state index contributed by atoms with van der Waals surface area (Å²) in [6.07, 6.45) is 1.21. The average molecular weight is 506 g/mol. The van der Waals surface area contributed by atoms with Crippen LogP contribution in [0.3, 0.4) is 0 Å². The fourth-order valence-electron chi connectivity index (χ4n) is 5.50. The third-order valence-corrected chi connectivity index (χ3v) is 7.25. The largest absolute Gasteiger partial charge is 0.573 e. The van der Waals surface area contributed by atoms with Gasteiger partial charge < -0.3 is 19.4 Å². The van der Waals surface area contributed by atoms with Gasteiger partial charge in [0.2, 0.25) is 0 Å². The summed E-state index contributed by atoms with van der Waals surface area (Å²) < 4.78 is 61.9. The van der Waals surface area contributed by atoms with E-state index in [0.717, 1.165) is 48.0 Å². The number of alkyl halides is 3. The smallest absolute Gasteiger partial charge is 0.406 e. The Morgan fingerprint density at radius 2 is 1.86 bits per heavy atom. The number of hydrogen-bond donors (Lipinski definition) is 1. The Kier molecular flexibility index (Phi) is 6.63. The third kappa shape index (κ3) is 4.91. The lowest BCUT2D eigenvalue weighted by Crippen LogP contribution is -2.38. The molecule has 1 aliphatic heterocycles. The second kappa shape index (κ2) is 9.72. The van der Waals surface area contributed by atoms with Crippen LogP contribution < -0.4 is 4.74 Å². The molecule has 0 saturated carbocycles. The van der Waals surface area contributed by atoms with E-state index < -0.39 is 6.36 Å². The number of carbonyl (C=O) groups is 1. The number of nitrogens with zero attached hydrogens (tertiary/aromatic N) is 2. The molecule has 10 heteroatoms. The Balaban J connectivity index is 1.34. The van der Waals surface area contributed by atoms with E-state index in [2.05, 4.69) is 14.7 Å². The number of likely N-dealkylation sites (tertiary alicyclic amines) is 1. The van der Waals surface area contributed by atoms with Crippen molar-refractivity contribution in [3.8, 4) is 5.75 Å². The molecule has 6 nitrogen and oxygen atoms in total. The predicted molar refractivity (Wildman–Crippen MR) is 124 cm³/mol. The number of benzene rings is 1. The number of hydrogen-bond acceptors (Lipinski definition) is 4. The zero-order valence-corrected chi connectivity index (χ0v) is 19.8. The summed E-state index contributed by atoms with van der Waals surface area (Å²) >= 11 is 0. The molecule has 1 unspecified atom stereocenters. The van der Waals surface area contributed by atoms with Gasteiger partial charge in [-0.25, -0.2) is 9.37 Å². The van der Waals surface area contributed by atoms with E-state index >= 15 is 4.39 Å². The maximum atomic E-state index is 15.2. The first kappa shape index (κ1) is 24.5. The second-order valence-electron chi connectivity index (χ2n) is 9.42. The highest BCUT2D eigenvalue weighted by atomic mass is 19.4. The van der Waals surface area contributed by atoms with Crippen LogP contribution in [0.15, 0.2) is 30.5 Å². The number of carbonyl (C=O) groups excluding carboxylic acids is 1. The summed E-state index contributed by atoms with van der Waals surface area (Å²) in [4.78, 5) is 22.3. The van der Waals surface area contributed by atoms with Crippen LogP contribution in [-0.4, -0.2) is 53.4 Å². The van der Waals surface area contributed by atoms with Gasteiger partial charge in [-0.2, -0.15) is 0 Å². The van der Waals surface area contributed by atoms with Crippen LogP contribution in [0, 0.1) is 5.82 Å². The van der Waals surface area contributed by atoms with Crippen molar-refractivity contribution in [1.82, 2.24) is 14.9 Å². The van der Waals surface area contributed by atoms with Crippen LogP contribution >= 0.6 is 0 Å². The quantitative estimate of drug-likeness (QED) is 0.375. The topological polar surface area (TPSA) is 67.5 Å². The van der Waals surface area contributed by atoms with Crippen LogP contribution in [0.1, 0.15) is 58.8 Å². The number of rotatable bonds is 4. The molecular formula is C26H27F4N3O3. The van der Waals surface area contributed by atoms with Crippen molar-refractivity contribution in [2.75, 3.05) is 20.2 Å². The van der Waals surface area contributed by atoms with Crippen molar-refractivity contribution in [1.29, 1.82) is 0 Å². The Labute approximate surface area is 205 Å². The van der Waals surface area contributed by atoms with Gasteiger partial charge in [0.15, 0.2) is 0 Å². The Morgan fingerprint density at radius 1 is 1.14 bits per heavy atom. The van der Waals surface area contributed by atoms with Crippen LogP contribution in [-0.2, 0) is 17.6 Å². The van der Waals surface area contributed by atoms with Crippen LogP contribution in [0.4, 0.5) is 17.6 Å². The van der Waals surface area contributed by atoms with Gasteiger partial charge in [-0.3, -0.25) is 4.79 Å². The number of H-pyrrole nitrogens is 1. The molecule has 1 aromatic carbocycles. The molecule has 2 aliphatic rings. The Bertz CT molecular complexity index is 1250.